The molecule has 13 heteroatoms. The van der Waals surface area contributed by atoms with Gasteiger partial charge in [0.2, 0.25) is 3.67 Å². The lowest BCUT2D eigenvalue weighted by Gasteiger charge is -2.36. The Balaban J connectivity index is 2.49. The molecule has 0 radical (unpaired) electrons. The quantitative estimate of drug-likeness (QED) is 0.510. The highest BCUT2D eigenvalue weighted by molar-refractivity contribution is 7.95. The van der Waals surface area contributed by atoms with E-state index in [9.17, 15) is 13.5 Å². The van der Waals surface area contributed by atoms with Gasteiger partial charge in [-0.05, 0) is 12.1 Å². The van der Waals surface area contributed by atoms with Gasteiger partial charge in [0.1, 0.15) is 18.3 Å². The Morgan fingerprint density at radius 1 is 1.25 bits per heavy atom. The van der Waals surface area contributed by atoms with Crippen molar-refractivity contribution in [2.45, 2.75) is 27.6 Å². The zero-order chi connectivity index (χ0) is 21.3. The Morgan fingerprint density at radius 2 is 1.89 bits per heavy atom. The molecule has 1 heterocycles. The van der Waals surface area contributed by atoms with Gasteiger partial charge in [-0.1, -0.05) is 59.4 Å². The van der Waals surface area contributed by atoms with Crippen LogP contribution >= 0.6 is 69.6 Å². The van der Waals surface area contributed by atoms with E-state index in [1.807, 2.05) is 0 Å². The maximum atomic E-state index is 12.7. The third-order valence-corrected chi connectivity index (χ3v) is 9.98. The zero-order valence-electron chi connectivity index (χ0n) is 14.2. The van der Waals surface area contributed by atoms with Crippen molar-refractivity contribution in [1.29, 1.82) is 0 Å². The number of aliphatic hydroxyl groups is 1. The predicted molar refractivity (Wildman–Crippen MR) is 113 cm³/mol. The number of benzene rings is 1. The van der Waals surface area contributed by atoms with Crippen LogP contribution in [0.2, 0.25) is 10.0 Å². The first-order chi connectivity index (χ1) is 12.8. The number of hydrogen-bond donors (Lipinski definition) is 1. The van der Waals surface area contributed by atoms with Gasteiger partial charge in [-0.15, -0.1) is 23.2 Å². The maximum absolute atomic E-state index is 12.7. The van der Waals surface area contributed by atoms with Crippen LogP contribution in [0, 0.1) is 5.92 Å². The number of nitrogens with zero attached hydrogens (tertiary/aromatic N) is 3. The molecule has 1 aromatic carbocycles. The van der Waals surface area contributed by atoms with Crippen LogP contribution in [0.3, 0.4) is 0 Å². The lowest BCUT2D eigenvalue weighted by molar-refractivity contribution is -0.0282. The maximum Gasteiger partial charge on any atom is 0.247 e. The van der Waals surface area contributed by atoms with Gasteiger partial charge in [-0.25, -0.2) is 18.1 Å². The van der Waals surface area contributed by atoms with E-state index in [0.717, 1.165) is 0 Å². The molecule has 6 nitrogen and oxygen atoms in total. The molecular weight excluding hydrogens is 515 g/mol. The molecule has 2 atom stereocenters. The van der Waals surface area contributed by atoms with E-state index in [-0.39, 0.29) is 17.1 Å². The summed E-state index contributed by atoms with van der Waals surface area (Å²) in [5.41, 5.74) is -1.54. The average Bonchev–Trinajstić information content (AvgIpc) is 3.06. The van der Waals surface area contributed by atoms with Crippen LogP contribution in [0.4, 0.5) is 0 Å². The highest BCUT2D eigenvalue weighted by Crippen LogP contribution is 2.42. The van der Waals surface area contributed by atoms with Crippen LogP contribution in [0.15, 0.2) is 30.9 Å². The first kappa shape index (κ1) is 24.3. The molecule has 0 spiro atoms. The minimum atomic E-state index is -4.26. The number of rotatable bonds is 8. The smallest absolute Gasteiger partial charge is 0.247 e. The summed E-state index contributed by atoms with van der Waals surface area (Å²) in [4.78, 5) is 2.22. The Kier molecular flexibility index (Phi) is 7.82. The molecule has 0 saturated heterocycles. The van der Waals surface area contributed by atoms with E-state index in [1.165, 1.54) is 42.5 Å². The molecule has 0 bridgehead atoms. The summed E-state index contributed by atoms with van der Waals surface area (Å²) in [5.74, 6) is -1.59. The van der Waals surface area contributed by atoms with Gasteiger partial charge in [0.05, 0.1) is 12.3 Å². The molecular formula is C15H15Cl6N3O3S. The van der Waals surface area contributed by atoms with Crippen LogP contribution in [-0.2, 0) is 22.0 Å². The van der Waals surface area contributed by atoms with Crippen LogP contribution in [0.5, 0.6) is 0 Å². The SMILES string of the molecule is C[C@@H](CS(=O)(=O)C(Cl)(Cl)C(Cl)Cl)[C@](O)(Cn1cncn1)c1ccc(Cl)cc1Cl. The van der Waals surface area contributed by atoms with E-state index < -0.39 is 35.6 Å². The van der Waals surface area contributed by atoms with Crippen molar-refractivity contribution in [2.24, 2.45) is 5.92 Å². The van der Waals surface area contributed by atoms with Crippen molar-refractivity contribution < 1.29 is 13.5 Å². The lowest BCUT2D eigenvalue weighted by Crippen LogP contribution is -2.45. The monoisotopic (exact) mass is 527 g/mol. The third-order valence-electron chi connectivity index (χ3n) is 4.22. The molecule has 2 aromatic rings. The number of hydrogen-bond acceptors (Lipinski definition) is 5. The van der Waals surface area contributed by atoms with E-state index in [0.29, 0.717) is 5.02 Å². The van der Waals surface area contributed by atoms with Crippen LogP contribution in [0.1, 0.15) is 12.5 Å². The molecule has 1 N–H and O–H groups in total. The molecule has 156 valence electrons. The molecule has 1 aromatic heterocycles. The van der Waals surface area contributed by atoms with Gasteiger partial charge in [0.25, 0.3) is 0 Å². The zero-order valence-corrected chi connectivity index (χ0v) is 19.6. The fourth-order valence-corrected chi connectivity index (χ4v) is 5.81. The normalized spacial score (nSPS) is 16.2. The van der Waals surface area contributed by atoms with Crippen LogP contribution < -0.4 is 0 Å². The summed E-state index contributed by atoms with van der Waals surface area (Å²) in [5, 5.41) is 16.0. The fourth-order valence-electron chi connectivity index (χ4n) is 2.62. The molecule has 0 aliphatic carbocycles. The van der Waals surface area contributed by atoms with Crippen molar-refractivity contribution >= 4 is 79.4 Å². The van der Waals surface area contributed by atoms with E-state index in [1.54, 1.807) is 0 Å². The van der Waals surface area contributed by atoms with Crippen molar-refractivity contribution in [1.82, 2.24) is 14.8 Å². The number of aromatic nitrogens is 3. The Labute approximate surface area is 192 Å². The summed E-state index contributed by atoms with van der Waals surface area (Å²) in [6.45, 7) is 1.36. The second-order valence-electron chi connectivity index (χ2n) is 6.19. The summed E-state index contributed by atoms with van der Waals surface area (Å²) < 4.78 is 24.3. The molecule has 0 aliphatic heterocycles. The highest BCUT2D eigenvalue weighted by atomic mass is 35.5. The van der Waals surface area contributed by atoms with Crippen LogP contribution in [0.25, 0.3) is 0 Å². The molecule has 0 fully saturated rings. The predicted octanol–water partition coefficient (Wildman–Crippen LogP) is 4.46. The molecule has 0 amide bonds. The first-order valence-electron chi connectivity index (χ1n) is 7.70. The van der Waals surface area contributed by atoms with Crippen molar-refractivity contribution in [3.8, 4) is 0 Å². The number of sulfone groups is 1. The summed E-state index contributed by atoms with van der Waals surface area (Å²) in [6.07, 6.45) is 2.65. The number of alkyl halides is 4. The van der Waals surface area contributed by atoms with Crippen molar-refractivity contribution in [2.75, 3.05) is 5.75 Å². The van der Waals surface area contributed by atoms with Crippen molar-refractivity contribution in [3.63, 3.8) is 0 Å². The lowest BCUT2D eigenvalue weighted by atomic mass is 9.83. The second-order valence-corrected chi connectivity index (χ2v) is 12.2. The number of halogens is 6. The molecule has 28 heavy (non-hydrogen) atoms. The molecule has 2 rings (SSSR count). The minimum Gasteiger partial charge on any atom is -0.383 e. The Hall–Kier alpha value is 0.01000. The molecule has 0 saturated carbocycles. The second kappa shape index (κ2) is 9.02. The van der Waals surface area contributed by atoms with Gasteiger partial charge in [-0.3, -0.25) is 0 Å². The molecule has 0 unspecified atom stereocenters. The Bertz CT molecular complexity index is 923. The van der Waals surface area contributed by atoms with E-state index in [4.69, 9.17) is 69.6 Å². The summed E-state index contributed by atoms with van der Waals surface area (Å²) in [6, 6.07) is 4.47. The van der Waals surface area contributed by atoms with Crippen molar-refractivity contribution in [3.05, 3.63) is 46.5 Å². The van der Waals surface area contributed by atoms with Gasteiger partial charge in [-0.2, -0.15) is 5.10 Å². The van der Waals surface area contributed by atoms with Gasteiger partial charge in [0.15, 0.2) is 14.7 Å². The van der Waals surface area contributed by atoms with Crippen LogP contribution in [-0.4, -0.2) is 42.5 Å². The largest absolute Gasteiger partial charge is 0.383 e. The molecule has 0 aliphatic rings. The highest BCUT2D eigenvalue weighted by Gasteiger charge is 2.49. The minimum absolute atomic E-state index is 0.145. The van der Waals surface area contributed by atoms with E-state index >= 15 is 0 Å². The standard InChI is InChI=1S/C15H15Cl6N3O3S/c1-9(5-28(26,27)15(20,21)13(18)19)14(25,6-24-8-22-7-23-24)11-3-2-10(16)4-12(11)17/h2-4,7-9,13,25H,5-6H2,1H3/t9-,14+/m0/s1. The third kappa shape index (κ3) is 5.01. The summed E-state index contributed by atoms with van der Waals surface area (Å²) in [7, 11) is -4.26. The van der Waals surface area contributed by atoms with Gasteiger partial charge >= 0.3 is 0 Å². The topological polar surface area (TPSA) is 85.1 Å². The van der Waals surface area contributed by atoms with Gasteiger partial charge in [0, 0.05) is 21.5 Å². The van der Waals surface area contributed by atoms with E-state index in [2.05, 4.69) is 10.1 Å². The van der Waals surface area contributed by atoms with Gasteiger partial charge < -0.3 is 5.11 Å². The fraction of sp³-hybridized carbons (Fsp3) is 0.467. The first-order valence-corrected chi connectivity index (χ1v) is 11.7. The average molecular weight is 530 g/mol. The summed E-state index contributed by atoms with van der Waals surface area (Å²) >= 11 is 35.2. The Morgan fingerprint density at radius 3 is 2.39 bits per heavy atom.